The summed E-state index contributed by atoms with van der Waals surface area (Å²) in [4.78, 5) is 0. The molecule has 2 saturated carbocycles. The van der Waals surface area contributed by atoms with Gasteiger partial charge in [-0.05, 0) is 58.4 Å². The van der Waals surface area contributed by atoms with Gasteiger partial charge < -0.3 is 18.8 Å². The Morgan fingerprint density at radius 2 is 1.65 bits per heavy atom. The van der Waals surface area contributed by atoms with Gasteiger partial charge in [0.05, 0.1) is 24.4 Å². The Labute approximate surface area is 137 Å². The van der Waals surface area contributed by atoms with Gasteiger partial charge in [-0.25, -0.2) is 4.39 Å². The van der Waals surface area contributed by atoms with Crippen molar-refractivity contribution in [3.05, 3.63) is 11.3 Å². The lowest BCUT2D eigenvalue weighted by atomic mass is 9.58. The molecule has 0 bridgehead atoms. The van der Waals surface area contributed by atoms with E-state index in [0.29, 0.717) is 19.6 Å². The second-order valence-electron chi connectivity index (χ2n) is 8.26. The number of ether oxygens (including phenoxy) is 2. The minimum absolute atomic E-state index is 0.209. The number of hydrogen-bond acceptors (Lipinski definition) is 4. The van der Waals surface area contributed by atoms with Crippen molar-refractivity contribution in [2.24, 2.45) is 11.8 Å². The molecule has 6 heteroatoms. The van der Waals surface area contributed by atoms with Crippen LogP contribution >= 0.6 is 0 Å². The smallest absolute Gasteiger partial charge is 0.398 e. The van der Waals surface area contributed by atoms with Crippen molar-refractivity contribution in [1.82, 2.24) is 0 Å². The molecule has 128 valence electrons. The zero-order chi connectivity index (χ0) is 16.5. The average molecular weight is 324 g/mol. The fourth-order valence-electron chi connectivity index (χ4n) is 4.35. The van der Waals surface area contributed by atoms with Crippen molar-refractivity contribution < 1.29 is 23.2 Å². The molecule has 0 amide bonds. The van der Waals surface area contributed by atoms with Gasteiger partial charge in [-0.1, -0.05) is 0 Å². The van der Waals surface area contributed by atoms with Gasteiger partial charge in [0.15, 0.2) is 5.79 Å². The normalized spacial score (nSPS) is 39.3. The first kappa shape index (κ1) is 16.1. The highest BCUT2D eigenvalue weighted by atomic mass is 19.1. The molecule has 23 heavy (non-hydrogen) atoms. The van der Waals surface area contributed by atoms with Crippen LogP contribution in [0.4, 0.5) is 4.39 Å². The second kappa shape index (κ2) is 5.04. The maximum atomic E-state index is 15.2. The summed E-state index contributed by atoms with van der Waals surface area (Å²) in [6, 6.07) is 0. The molecule has 0 N–H and O–H groups in total. The molecule has 4 nitrogen and oxygen atoms in total. The highest BCUT2D eigenvalue weighted by Crippen LogP contribution is 2.57. The molecular formula is C17H26BFO4. The van der Waals surface area contributed by atoms with Crippen molar-refractivity contribution in [3.63, 3.8) is 0 Å². The fraction of sp³-hybridized carbons (Fsp3) is 0.882. The van der Waals surface area contributed by atoms with E-state index in [0.717, 1.165) is 24.8 Å². The van der Waals surface area contributed by atoms with E-state index in [9.17, 15) is 0 Å². The van der Waals surface area contributed by atoms with Crippen LogP contribution in [0.15, 0.2) is 11.3 Å². The molecular weight excluding hydrogens is 298 g/mol. The molecule has 2 heterocycles. The van der Waals surface area contributed by atoms with Gasteiger partial charge in [-0.15, -0.1) is 0 Å². The van der Waals surface area contributed by atoms with Crippen molar-refractivity contribution in [1.29, 1.82) is 0 Å². The molecule has 4 rings (SSSR count). The van der Waals surface area contributed by atoms with Crippen LogP contribution in [0.3, 0.4) is 0 Å². The molecule has 0 aromatic heterocycles. The standard InChI is InChI=1S/C17H26BFO4/c1-15(2)16(3,4)23-18(22-15)14(19)12-7-8-17(20-9-10-21-17)13-6-5-11(12)13/h11,13H,5-10H2,1-4H3. The number of halogens is 1. The van der Waals surface area contributed by atoms with Gasteiger partial charge in [0.2, 0.25) is 0 Å². The van der Waals surface area contributed by atoms with Gasteiger partial charge in [0.25, 0.3) is 0 Å². The first-order chi connectivity index (χ1) is 10.8. The molecule has 0 aromatic carbocycles. The summed E-state index contributed by atoms with van der Waals surface area (Å²) in [7, 11) is -0.879. The third-order valence-electron chi connectivity index (χ3n) is 6.57. The first-order valence-electron chi connectivity index (χ1n) is 8.78. The van der Waals surface area contributed by atoms with Crippen LogP contribution in [0.5, 0.6) is 0 Å². The van der Waals surface area contributed by atoms with E-state index in [-0.39, 0.29) is 17.6 Å². The summed E-state index contributed by atoms with van der Waals surface area (Å²) in [5, 5.41) is 0. The quantitative estimate of drug-likeness (QED) is 0.693. The molecule has 2 unspecified atom stereocenters. The van der Waals surface area contributed by atoms with E-state index in [1.807, 2.05) is 27.7 Å². The SMILES string of the molecule is CC1(C)OB(C(F)=C2CCC3(OCCO3)C3CCC23)OC1(C)C. The highest BCUT2D eigenvalue weighted by molar-refractivity contribution is 6.53. The number of allylic oxidation sites excluding steroid dienone is 1. The minimum Gasteiger partial charge on any atom is -0.398 e. The summed E-state index contributed by atoms with van der Waals surface area (Å²) in [6.07, 6.45) is 3.44. The van der Waals surface area contributed by atoms with E-state index < -0.39 is 24.1 Å². The zero-order valence-electron chi connectivity index (χ0n) is 14.5. The lowest BCUT2D eigenvalue weighted by molar-refractivity contribution is -0.238. The Morgan fingerprint density at radius 3 is 2.17 bits per heavy atom. The van der Waals surface area contributed by atoms with Gasteiger partial charge in [0, 0.05) is 12.3 Å². The molecule has 2 aliphatic heterocycles. The maximum absolute atomic E-state index is 15.2. The van der Waals surface area contributed by atoms with Crippen molar-refractivity contribution in [2.45, 2.75) is 70.4 Å². The van der Waals surface area contributed by atoms with E-state index in [1.165, 1.54) is 0 Å². The first-order valence-corrected chi connectivity index (χ1v) is 8.78. The third-order valence-corrected chi connectivity index (χ3v) is 6.57. The van der Waals surface area contributed by atoms with Crippen LogP contribution < -0.4 is 0 Å². The largest absolute Gasteiger partial charge is 0.525 e. The molecule has 4 fully saturated rings. The molecule has 1 spiro atoms. The number of rotatable bonds is 1. The summed E-state index contributed by atoms with van der Waals surface area (Å²) >= 11 is 0. The van der Waals surface area contributed by atoms with Crippen LogP contribution in [-0.2, 0) is 18.8 Å². The van der Waals surface area contributed by atoms with E-state index in [2.05, 4.69) is 0 Å². The maximum Gasteiger partial charge on any atom is 0.525 e. The molecule has 2 saturated heterocycles. The molecule has 2 aliphatic carbocycles. The molecule has 0 radical (unpaired) electrons. The topological polar surface area (TPSA) is 36.9 Å². The van der Waals surface area contributed by atoms with Crippen LogP contribution in [0.1, 0.15) is 53.4 Å². The second-order valence-corrected chi connectivity index (χ2v) is 8.26. The van der Waals surface area contributed by atoms with Crippen LogP contribution in [0.2, 0.25) is 0 Å². The number of fused-ring (bicyclic) bond motifs is 2. The van der Waals surface area contributed by atoms with Gasteiger partial charge >= 0.3 is 7.12 Å². The summed E-state index contributed by atoms with van der Waals surface area (Å²) in [5.74, 6) is 0.0330. The van der Waals surface area contributed by atoms with Crippen LogP contribution in [0.25, 0.3) is 0 Å². The zero-order valence-corrected chi connectivity index (χ0v) is 14.5. The van der Waals surface area contributed by atoms with Crippen LogP contribution in [0, 0.1) is 11.8 Å². The number of hydrogen-bond donors (Lipinski definition) is 0. The predicted molar refractivity (Wildman–Crippen MR) is 84.3 cm³/mol. The van der Waals surface area contributed by atoms with E-state index in [1.54, 1.807) is 0 Å². The Morgan fingerprint density at radius 1 is 1.04 bits per heavy atom. The minimum atomic E-state index is -0.879. The highest BCUT2D eigenvalue weighted by Gasteiger charge is 2.58. The Hall–Kier alpha value is -0.425. The summed E-state index contributed by atoms with van der Waals surface area (Å²) < 4.78 is 38.7. The molecule has 2 atom stereocenters. The summed E-state index contributed by atoms with van der Waals surface area (Å²) in [6.45, 7) is 9.12. The van der Waals surface area contributed by atoms with Gasteiger partial charge in [0.1, 0.15) is 5.73 Å². The van der Waals surface area contributed by atoms with Gasteiger partial charge in [-0.3, -0.25) is 0 Å². The third kappa shape index (κ3) is 2.25. The lowest BCUT2D eigenvalue weighted by Crippen LogP contribution is -2.52. The fourth-order valence-corrected chi connectivity index (χ4v) is 4.35. The summed E-state index contributed by atoms with van der Waals surface area (Å²) in [5.41, 5.74) is -0.375. The van der Waals surface area contributed by atoms with E-state index in [4.69, 9.17) is 18.8 Å². The Balaban J connectivity index is 1.57. The van der Waals surface area contributed by atoms with Gasteiger partial charge in [-0.2, -0.15) is 0 Å². The Kier molecular flexibility index (Phi) is 3.52. The van der Waals surface area contributed by atoms with Crippen molar-refractivity contribution >= 4 is 7.12 Å². The average Bonchev–Trinajstić information content (AvgIpc) is 2.95. The van der Waals surface area contributed by atoms with Crippen LogP contribution in [-0.4, -0.2) is 37.3 Å². The molecule has 0 aromatic rings. The predicted octanol–water partition coefficient (Wildman–Crippen LogP) is 3.40. The van der Waals surface area contributed by atoms with Crippen molar-refractivity contribution in [3.8, 4) is 0 Å². The molecule has 4 aliphatic rings. The Bertz CT molecular complexity index is 523. The van der Waals surface area contributed by atoms with Crippen molar-refractivity contribution in [2.75, 3.05) is 13.2 Å². The lowest BCUT2D eigenvalue weighted by Gasteiger charge is -2.51. The van der Waals surface area contributed by atoms with E-state index >= 15 is 4.39 Å². The monoisotopic (exact) mass is 324 g/mol.